The molecule has 162 valence electrons. The van der Waals surface area contributed by atoms with Crippen molar-refractivity contribution < 1.29 is 4.21 Å². The Morgan fingerprint density at radius 2 is 1.38 bits per heavy atom. The number of hydrogen-bond acceptors (Lipinski definition) is 3. The number of nitrogens with zero attached hydrogens (tertiary/aromatic N) is 2. The fourth-order valence-electron chi connectivity index (χ4n) is 4.26. The summed E-state index contributed by atoms with van der Waals surface area (Å²) in [6.45, 7) is 13.1. The van der Waals surface area contributed by atoms with Crippen LogP contribution in [0.1, 0.15) is 80.1 Å². The van der Waals surface area contributed by atoms with Crippen LogP contribution in [0.25, 0.3) is 10.9 Å². The van der Waals surface area contributed by atoms with Crippen molar-refractivity contribution in [1.29, 1.82) is 0 Å². The predicted octanol–water partition coefficient (Wildman–Crippen LogP) is 6.59. The minimum atomic E-state index is -2.85. The second kappa shape index (κ2) is 11.2. The summed E-state index contributed by atoms with van der Waals surface area (Å²) in [6.07, 6.45) is 7.52. The Kier molecular flexibility index (Phi) is 9.58. The van der Waals surface area contributed by atoms with Crippen molar-refractivity contribution in [1.82, 2.24) is 10.2 Å². The molecule has 0 aliphatic carbocycles. The molecule has 5 heteroatoms. The summed E-state index contributed by atoms with van der Waals surface area (Å²) < 4.78 is 18.8. The van der Waals surface area contributed by atoms with Gasteiger partial charge in [0, 0.05) is 0 Å². The Labute approximate surface area is 184 Å². The van der Waals surface area contributed by atoms with E-state index in [0.717, 1.165) is 10.5 Å². The van der Waals surface area contributed by atoms with Crippen molar-refractivity contribution in [3.8, 4) is 0 Å². The van der Waals surface area contributed by atoms with E-state index >= 15 is 0 Å². The Bertz CT molecular complexity index is 794. The van der Waals surface area contributed by atoms with E-state index in [2.05, 4.69) is 69.9 Å². The van der Waals surface area contributed by atoms with Gasteiger partial charge in [0.05, 0.1) is 0 Å². The summed E-state index contributed by atoms with van der Waals surface area (Å²) in [6, 6.07) is 8.46. The first kappa shape index (κ1) is 24.8. The first-order chi connectivity index (χ1) is 13.8. The van der Waals surface area contributed by atoms with Gasteiger partial charge in [-0.3, -0.25) is 0 Å². The zero-order chi connectivity index (χ0) is 21.5. The molecule has 0 fully saturated rings. The standard InChI is InChI=1S/C12H13N2OS.3C4H9.Sn/c1-12(2,3)16(15)11-8-9-6-4-5-7-10(9)13-14-11;3*1-3-4-2;/h4-7H,1-3H3;3*1,3-4H2,2H3;. The molecule has 1 aromatic carbocycles. The molecule has 0 bridgehead atoms. The fourth-order valence-corrected chi connectivity index (χ4v) is 24.3. The van der Waals surface area contributed by atoms with E-state index in [1.165, 1.54) is 60.8 Å². The van der Waals surface area contributed by atoms with Crippen LogP contribution in [0.15, 0.2) is 29.3 Å². The third kappa shape index (κ3) is 6.02. The molecule has 0 spiro atoms. The van der Waals surface area contributed by atoms with Gasteiger partial charge in [0.25, 0.3) is 0 Å². The van der Waals surface area contributed by atoms with E-state index in [1.807, 2.05) is 6.07 Å². The Balaban J connectivity index is 2.83. The van der Waals surface area contributed by atoms with Crippen LogP contribution < -0.4 is 3.58 Å². The van der Waals surface area contributed by atoms with E-state index in [9.17, 15) is 4.21 Å². The fraction of sp³-hybridized carbons (Fsp3) is 0.667. The normalized spacial score (nSPS) is 13.7. The second-order valence-corrected chi connectivity index (χ2v) is 24.5. The number of aromatic nitrogens is 2. The summed E-state index contributed by atoms with van der Waals surface area (Å²) in [5.74, 6) is 0. The average molecular weight is 523 g/mol. The first-order valence-corrected chi connectivity index (χ1v) is 20.1. The van der Waals surface area contributed by atoms with Crippen molar-refractivity contribution in [2.45, 2.75) is 103 Å². The van der Waals surface area contributed by atoms with Crippen LogP contribution in [-0.2, 0) is 10.8 Å². The van der Waals surface area contributed by atoms with Gasteiger partial charge in [-0.25, -0.2) is 0 Å². The zero-order valence-electron chi connectivity index (χ0n) is 19.4. The number of benzene rings is 1. The van der Waals surface area contributed by atoms with E-state index in [0.29, 0.717) is 0 Å². The topological polar surface area (TPSA) is 42.9 Å². The van der Waals surface area contributed by atoms with Gasteiger partial charge in [-0.05, 0) is 0 Å². The Morgan fingerprint density at radius 1 is 0.862 bits per heavy atom. The van der Waals surface area contributed by atoms with Crippen LogP contribution in [0.2, 0.25) is 13.3 Å². The van der Waals surface area contributed by atoms with Crippen LogP contribution in [0, 0.1) is 0 Å². The van der Waals surface area contributed by atoms with Gasteiger partial charge in [-0.15, -0.1) is 0 Å². The van der Waals surface area contributed by atoms with Gasteiger partial charge in [-0.2, -0.15) is 0 Å². The van der Waals surface area contributed by atoms with Crippen molar-refractivity contribution in [2.24, 2.45) is 0 Å². The van der Waals surface area contributed by atoms with E-state index in [1.54, 1.807) is 0 Å². The molecule has 0 aliphatic heterocycles. The van der Waals surface area contributed by atoms with Crippen molar-refractivity contribution >= 4 is 43.7 Å². The molecule has 0 amide bonds. The summed E-state index contributed by atoms with van der Waals surface area (Å²) in [5.41, 5.74) is 0.975. The maximum atomic E-state index is 13.6. The van der Waals surface area contributed by atoms with Crippen molar-refractivity contribution in [3.63, 3.8) is 0 Å². The summed E-state index contributed by atoms with van der Waals surface area (Å²) in [7, 11) is -1.15. The summed E-state index contributed by atoms with van der Waals surface area (Å²) in [4.78, 5) is 0. The van der Waals surface area contributed by atoms with E-state index in [-0.39, 0.29) is 4.75 Å². The molecule has 2 aromatic rings. The van der Waals surface area contributed by atoms with Gasteiger partial charge in [0.1, 0.15) is 0 Å². The molecular weight excluding hydrogens is 483 g/mol. The van der Waals surface area contributed by atoms with Gasteiger partial charge in [-0.1, -0.05) is 0 Å². The molecule has 1 unspecified atom stereocenters. The Hall–Kier alpha value is -0.491. The quantitative estimate of drug-likeness (QED) is 0.312. The van der Waals surface area contributed by atoms with Crippen LogP contribution in [0.4, 0.5) is 0 Å². The van der Waals surface area contributed by atoms with Gasteiger partial charge < -0.3 is 0 Å². The molecule has 29 heavy (non-hydrogen) atoms. The third-order valence-electron chi connectivity index (χ3n) is 5.92. The van der Waals surface area contributed by atoms with Crippen LogP contribution in [-0.4, -0.2) is 37.5 Å². The zero-order valence-corrected chi connectivity index (χ0v) is 23.1. The maximum absolute atomic E-state index is 13.6. The summed E-state index contributed by atoms with van der Waals surface area (Å²) >= 11 is -2.85. The SMILES string of the molecule is CCC[CH2][Sn]([CH2]CCC)([CH2]CCC)[c]1c(S(=O)C(C)(C)C)nnc2ccccc12. The number of rotatable bonds is 11. The number of hydrogen-bond donors (Lipinski definition) is 0. The molecule has 0 saturated heterocycles. The molecule has 1 heterocycles. The average Bonchev–Trinajstić information content (AvgIpc) is 2.71. The van der Waals surface area contributed by atoms with Gasteiger partial charge >= 0.3 is 185 Å². The first-order valence-electron chi connectivity index (χ1n) is 11.5. The molecule has 0 aliphatic rings. The molecule has 1 atom stereocenters. The van der Waals surface area contributed by atoms with Crippen LogP contribution in [0.5, 0.6) is 0 Å². The van der Waals surface area contributed by atoms with Gasteiger partial charge in [0.15, 0.2) is 0 Å². The molecular formula is C24H40N2OSSn. The molecule has 0 N–H and O–H groups in total. The number of unbranched alkanes of at least 4 members (excludes halogenated alkanes) is 3. The molecule has 3 nitrogen and oxygen atoms in total. The van der Waals surface area contributed by atoms with Gasteiger partial charge in [0.2, 0.25) is 0 Å². The Morgan fingerprint density at radius 3 is 1.86 bits per heavy atom. The third-order valence-corrected chi connectivity index (χ3v) is 23.9. The molecule has 2 rings (SSSR count). The minimum absolute atomic E-state index is 0.330. The van der Waals surface area contributed by atoms with E-state index in [4.69, 9.17) is 0 Å². The second-order valence-electron chi connectivity index (χ2n) is 9.37. The van der Waals surface area contributed by atoms with Crippen molar-refractivity contribution in [2.75, 3.05) is 0 Å². The van der Waals surface area contributed by atoms with E-state index < -0.39 is 29.2 Å². The predicted molar refractivity (Wildman–Crippen MR) is 130 cm³/mol. The monoisotopic (exact) mass is 524 g/mol. The van der Waals surface area contributed by atoms with Crippen molar-refractivity contribution in [3.05, 3.63) is 24.3 Å². The molecule has 0 saturated carbocycles. The summed E-state index contributed by atoms with van der Waals surface area (Å²) in [5, 5.41) is 11.2. The van der Waals surface area contributed by atoms with Crippen LogP contribution >= 0.6 is 0 Å². The van der Waals surface area contributed by atoms with Crippen LogP contribution in [0.3, 0.4) is 0 Å². The number of fused-ring (bicyclic) bond motifs is 1. The molecule has 1 aromatic heterocycles. The molecule has 0 radical (unpaired) electrons.